The van der Waals surface area contributed by atoms with Crippen LogP contribution in [-0.4, -0.2) is 11.4 Å². The van der Waals surface area contributed by atoms with Crippen LogP contribution in [0.1, 0.15) is 19.8 Å². The Balaban J connectivity index is 2.83. The van der Waals surface area contributed by atoms with E-state index in [1.165, 1.54) is 0 Å². The van der Waals surface area contributed by atoms with Crippen molar-refractivity contribution in [1.29, 1.82) is 0 Å². The fourth-order valence-electron chi connectivity index (χ4n) is 0.326. The molecule has 0 bridgehead atoms. The van der Waals surface area contributed by atoms with Gasteiger partial charge < -0.3 is 0 Å². The van der Waals surface area contributed by atoms with E-state index in [0.29, 0.717) is 0 Å². The Morgan fingerprint density at radius 3 is 2.43 bits per heavy atom. The lowest BCUT2D eigenvalue weighted by molar-refractivity contribution is 0.0837. The smallest absolute Gasteiger partial charge is 0.0935 e. The molecule has 0 saturated carbocycles. The summed E-state index contributed by atoms with van der Waals surface area (Å²) in [4.78, 5) is 0. The van der Waals surface area contributed by atoms with Crippen molar-refractivity contribution in [3.05, 3.63) is 0 Å². The third-order valence-electron chi connectivity index (χ3n) is 0.886. The molecule has 43 valence electrons. The molecule has 0 N–H and O–H groups in total. The highest BCUT2D eigenvalue weighted by atomic mass is 79.9. The van der Waals surface area contributed by atoms with E-state index in [4.69, 9.17) is 0 Å². The Labute approximate surface area is 52.9 Å². The lowest BCUT2D eigenvalue weighted by Gasteiger charge is -1.97. The van der Waals surface area contributed by atoms with Crippen molar-refractivity contribution < 1.29 is 5.11 Å². The van der Waals surface area contributed by atoms with Gasteiger partial charge in [-0.1, -0.05) is 22.9 Å². The third kappa shape index (κ3) is 4.29. The molecule has 1 radical (unpaired) electrons. The SMILES string of the molecule is CCC([O])CCBr. The van der Waals surface area contributed by atoms with Gasteiger partial charge in [-0.25, -0.2) is 5.11 Å². The van der Waals surface area contributed by atoms with Gasteiger partial charge in [0.2, 0.25) is 0 Å². The highest BCUT2D eigenvalue weighted by Gasteiger charge is 1.98. The van der Waals surface area contributed by atoms with E-state index in [9.17, 15) is 5.11 Å². The molecular formula is C5H10BrO. The first kappa shape index (κ1) is 7.44. The summed E-state index contributed by atoms with van der Waals surface area (Å²) >= 11 is 3.19. The Kier molecular flexibility index (Phi) is 4.88. The van der Waals surface area contributed by atoms with Crippen LogP contribution >= 0.6 is 15.9 Å². The van der Waals surface area contributed by atoms with E-state index in [2.05, 4.69) is 15.9 Å². The van der Waals surface area contributed by atoms with Crippen LogP contribution in [0.4, 0.5) is 0 Å². The third-order valence-corrected chi connectivity index (χ3v) is 1.34. The fraction of sp³-hybridized carbons (Fsp3) is 1.00. The zero-order chi connectivity index (χ0) is 5.70. The normalized spacial score (nSPS) is 14.1. The molecule has 1 unspecified atom stereocenters. The van der Waals surface area contributed by atoms with Crippen LogP contribution in [0.5, 0.6) is 0 Å². The van der Waals surface area contributed by atoms with Crippen LogP contribution < -0.4 is 0 Å². The second kappa shape index (κ2) is 4.60. The standard InChI is InChI=1S/C5H10BrO/c1-2-5(7)3-4-6/h5H,2-4H2,1H3. The van der Waals surface area contributed by atoms with Crippen LogP contribution in [0, 0.1) is 0 Å². The van der Waals surface area contributed by atoms with Gasteiger partial charge in [0.25, 0.3) is 0 Å². The quantitative estimate of drug-likeness (QED) is 0.571. The van der Waals surface area contributed by atoms with Crippen LogP contribution in [0.25, 0.3) is 0 Å². The van der Waals surface area contributed by atoms with Gasteiger partial charge in [0, 0.05) is 5.33 Å². The van der Waals surface area contributed by atoms with Crippen LogP contribution in [-0.2, 0) is 5.11 Å². The second-order valence-corrected chi connectivity index (χ2v) is 2.30. The maximum atomic E-state index is 10.5. The van der Waals surface area contributed by atoms with Crippen molar-refractivity contribution in [2.75, 3.05) is 5.33 Å². The van der Waals surface area contributed by atoms with E-state index >= 15 is 0 Å². The zero-order valence-corrected chi connectivity index (χ0v) is 6.07. The molecule has 0 fully saturated rings. The first-order valence-corrected chi connectivity index (χ1v) is 3.65. The number of rotatable bonds is 3. The lowest BCUT2D eigenvalue weighted by Crippen LogP contribution is -2.01. The molecule has 0 aliphatic carbocycles. The minimum atomic E-state index is -0.348. The molecule has 0 rings (SSSR count). The Morgan fingerprint density at radius 2 is 2.29 bits per heavy atom. The minimum Gasteiger partial charge on any atom is -0.233 e. The molecule has 2 heteroatoms. The molecule has 0 spiro atoms. The maximum Gasteiger partial charge on any atom is 0.0935 e. The summed E-state index contributed by atoms with van der Waals surface area (Å²) in [6, 6.07) is 0. The summed E-state index contributed by atoms with van der Waals surface area (Å²) in [5, 5.41) is 11.3. The summed E-state index contributed by atoms with van der Waals surface area (Å²) in [5.41, 5.74) is 0. The van der Waals surface area contributed by atoms with Gasteiger partial charge >= 0.3 is 0 Å². The van der Waals surface area contributed by atoms with Crippen LogP contribution in [0.3, 0.4) is 0 Å². The van der Waals surface area contributed by atoms with Crippen molar-refractivity contribution in [2.24, 2.45) is 0 Å². The molecule has 7 heavy (non-hydrogen) atoms. The average molecular weight is 166 g/mol. The van der Waals surface area contributed by atoms with Crippen molar-refractivity contribution >= 4 is 15.9 Å². The van der Waals surface area contributed by atoms with Gasteiger partial charge in [0.15, 0.2) is 0 Å². The van der Waals surface area contributed by atoms with Crippen molar-refractivity contribution in [1.82, 2.24) is 0 Å². The minimum absolute atomic E-state index is 0.348. The van der Waals surface area contributed by atoms with E-state index in [1.807, 2.05) is 6.92 Å². The van der Waals surface area contributed by atoms with Crippen molar-refractivity contribution in [3.8, 4) is 0 Å². The molecule has 0 aromatic carbocycles. The number of hydrogen-bond donors (Lipinski definition) is 0. The maximum absolute atomic E-state index is 10.5. The first-order chi connectivity index (χ1) is 3.31. The molecule has 0 aromatic heterocycles. The summed E-state index contributed by atoms with van der Waals surface area (Å²) < 4.78 is 0. The topological polar surface area (TPSA) is 19.9 Å². The van der Waals surface area contributed by atoms with E-state index in [-0.39, 0.29) is 6.10 Å². The number of halogens is 1. The zero-order valence-electron chi connectivity index (χ0n) is 4.48. The molecule has 1 nitrogen and oxygen atoms in total. The Hall–Kier alpha value is 0.440. The molecule has 1 atom stereocenters. The fourth-order valence-corrected chi connectivity index (χ4v) is 0.836. The van der Waals surface area contributed by atoms with E-state index in [1.54, 1.807) is 0 Å². The van der Waals surface area contributed by atoms with Crippen molar-refractivity contribution in [2.45, 2.75) is 25.9 Å². The number of hydrogen-bond acceptors (Lipinski definition) is 0. The highest BCUT2D eigenvalue weighted by Crippen LogP contribution is 1.98. The second-order valence-electron chi connectivity index (χ2n) is 1.51. The molecule has 0 aromatic rings. The lowest BCUT2D eigenvalue weighted by atomic mass is 10.2. The Bertz CT molecular complexity index is 39.1. The van der Waals surface area contributed by atoms with Gasteiger partial charge in [-0.3, -0.25) is 0 Å². The predicted octanol–water partition coefficient (Wildman–Crippen LogP) is 1.98. The molecule has 0 aliphatic heterocycles. The van der Waals surface area contributed by atoms with Crippen LogP contribution in [0.15, 0.2) is 0 Å². The summed E-state index contributed by atoms with van der Waals surface area (Å²) in [6.45, 7) is 1.92. The molecule has 0 saturated heterocycles. The van der Waals surface area contributed by atoms with Gasteiger partial charge in [0.05, 0.1) is 6.10 Å². The van der Waals surface area contributed by atoms with Gasteiger partial charge in [-0.05, 0) is 12.8 Å². The molecule has 0 heterocycles. The van der Waals surface area contributed by atoms with E-state index < -0.39 is 0 Å². The summed E-state index contributed by atoms with van der Waals surface area (Å²) in [7, 11) is 0. The van der Waals surface area contributed by atoms with E-state index in [0.717, 1.165) is 18.2 Å². The van der Waals surface area contributed by atoms with Crippen LogP contribution in [0.2, 0.25) is 0 Å². The summed E-state index contributed by atoms with van der Waals surface area (Å²) in [6.07, 6.45) is 1.17. The number of alkyl halides is 1. The predicted molar refractivity (Wildman–Crippen MR) is 33.2 cm³/mol. The Morgan fingerprint density at radius 1 is 1.71 bits per heavy atom. The molecular weight excluding hydrogens is 156 g/mol. The average Bonchev–Trinajstić information content (AvgIpc) is 1.68. The highest BCUT2D eigenvalue weighted by molar-refractivity contribution is 9.09. The van der Waals surface area contributed by atoms with Gasteiger partial charge in [-0.2, -0.15) is 0 Å². The van der Waals surface area contributed by atoms with Crippen molar-refractivity contribution in [3.63, 3.8) is 0 Å². The first-order valence-electron chi connectivity index (χ1n) is 2.53. The monoisotopic (exact) mass is 165 g/mol. The molecule has 0 amide bonds. The van der Waals surface area contributed by atoms with Gasteiger partial charge in [0.1, 0.15) is 0 Å². The molecule has 0 aliphatic rings. The largest absolute Gasteiger partial charge is 0.233 e. The summed E-state index contributed by atoms with van der Waals surface area (Å²) in [5.74, 6) is 0. The van der Waals surface area contributed by atoms with Gasteiger partial charge in [-0.15, -0.1) is 0 Å².